The number of carbonyl (C=O) groups excluding carboxylic acids is 5. The van der Waals surface area contributed by atoms with Crippen LogP contribution in [-0.4, -0.2) is 60.6 Å². The molecule has 4 N–H and O–H groups in total. The standard InChI is InChI=1S/C20H25N5O5.C3H8.C2H6/c1-13(20(30)24-15-5-3-14(4-6-15)11-21-2)23-17(27)12-22-16(26)9-10-25-18(28)7-8-19(25)29;1-3-2;1-2/h3-8,13,21H,9-12H2,1-2H3,(H,22,26)(H,23,27)(H,24,30);3H2,1-2H3;1-2H3. The van der Waals surface area contributed by atoms with Crippen LogP contribution < -0.4 is 21.3 Å². The molecule has 5 amide bonds. The lowest BCUT2D eigenvalue weighted by Gasteiger charge is -2.15. The zero-order valence-corrected chi connectivity index (χ0v) is 21.6. The number of hydrogen-bond acceptors (Lipinski definition) is 6. The molecule has 2 rings (SSSR count). The van der Waals surface area contributed by atoms with E-state index in [0.717, 1.165) is 22.6 Å². The molecular formula is C25H39N5O5. The van der Waals surface area contributed by atoms with Crippen molar-refractivity contribution in [2.45, 2.75) is 60.0 Å². The normalized spacial score (nSPS) is 12.6. The fourth-order valence-corrected chi connectivity index (χ4v) is 2.65. The summed E-state index contributed by atoms with van der Waals surface area (Å²) in [4.78, 5) is 59.7. The van der Waals surface area contributed by atoms with Gasteiger partial charge in [-0.2, -0.15) is 0 Å². The van der Waals surface area contributed by atoms with Gasteiger partial charge in [-0.1, -0.05) is 46.2 Å². The van der Waals surface area contributed by atoms with E-state index < -0.39 is 35.6 Å². The highest BCUT2D eigenvalue weighted by Gasteiger charge is 2.23. The molecule has 0 bridgehead atoms. The van der Waals surface area contributed by atoms with Crippen molar-refractivity contribution in [2.75, 3.05) is 25.5 Å². The molecule has 1 unspecified atom stereocenters. The first-order chi connectivity index (χ1) is 16.7. The van der Waals surface area contributed by atoms with E-state index in [1.54, 1.807) is 12.1 Å². The van der Waals surface area contributed by atoms with E-state index in [4.69, 9.17) is 0 Å². The van der Waals surface area contributed by atoms with E-state index >= 15 is 0 Å². The topological polar surface area (TPSA) is 137 Å². The number of amides is 5. The average Bonchev–Trinajstić information content (AvgIpc) is 3.16. The fourth-order valence-electron chi connectivity index (χ4n) is 2.65. The van der Waals surface area contributed by atoms with Crippen LogP contribution in [0, 0.1) is 0 Å². The molecule has 194 valence electrons. The van der Waals surface area contributed by atoms with E-state index in [2.05, 4.69) is 35.1 Å². The minimum Gasteiger partial charge on any atom is -0.347 e. The third-order valence-corrected chi connectivity index (χ3v) is 4.28. The molecule has 0 spiro atoms. The van der Waals surface area contributed by atoms with Crippen molar-refractivity contribution in [2.24, 2.45) is 0 Å². The molecule has 0 radical (unpaired) electrons. The van der Waals surface area contributed by atoms with Gasteiger partial charge in [0.25, 0.3) is 11.8 Å². The number of imide groups is 1. The maximum absolute atomic E-state index is 12.2. The van der Waals surface area contributed by atoms with Gasteiger partial charge in [0, 0.05) is 37.3 Å². The van der Waals surface area contributed by atoms with Gasteiger partial charge in [-0.05, 0) is 31.7 Å². The van der Waals surface area contributed by atoms with E-state index in [9.17, 15) is 24.0 Å². The van der Waals surface area contributed by atoms with Crippen LogP contribution in [0.3, 0.4) is 0 Å². The van der Waals surface area contributed by atoms with Gasteiger partial charge in [0.1, 0.15) is 6.04 Å². The van der Waals surface area contributed by atoms with Crippen LogP contribution in [0.1, 0.15) is 53.0 Å². The van der Waals surface area contributed by atoms with Crippen LogP contribution in [-0.2, 0) is 30.5 Å². The number of nitrogens with zero attached hydrogens (tertiary/aromatic N) is 1. The molecule has 0 saturated heterocycles. The van der Waals surface area contributed by atoms with E-state index in [1.165, 1.54) is 13.3 Å². The van der Waals surface area contributed by atoms with Crippen molar-refractivity contribution in [3.8, 4) is 0 Å². The van der Waals surface area contributed by atoms with Crippen molar-refractivity contribution in [1.29, 1.82) is 0 Å². The molecule has 0 saturated carbocycles. The molecule has 1 heterocycles. The van der Waals surface area contributed by atoms with Crippen LogP contribution >= 0.6 is 0 Å². The molecular weight excluding hydrogens is 450 g/mol. The minimum atomic E-state index is -0.808. The number of benzene rings is 1. The van der Waals surface area contributed by atoms with Gasteiger partial charge >= 0.3 is 0 Å². The highest BCUT2D eigenvalue weighted by molar-refractivity contribution is 6.13. The highest BCUT2D eigenvalue weighted by Crippen LogP contribution is 2.10. The number of anilines is 1. The summed E-state index contributed by atoms with van der Waals surface area (Å²) < 4.78 is 0. The van der Waals surface area contributed by atoms with Gasteiger partial charge in [-0.25, -0.2) is 0 Å². The first kappa shape index (κ1) is 31.5. The van der Waals surface area contributed by atoms with Crippen LogP contribution in [0.4, 0.5) is 5.69 Å². The summed E-state index contributed by atoms with van der Waals surface area (Å²) in [6.07, 6.45) is 3.40. The van der Waals surface area contributed by atoms with Crippen LogP contribution in [0.15, 0.2) is 36.4 Å². The number of nitrogens with one attached hydrogen (secondary N) is 4. The van der Waals surface area contributed by atoms with Crippen molar-refractivity contribution in [3.05, 3.63) is 42.0 Å². The summed E-state index contributed by atoms with van der Waals surface area (Å²) in [5, 5.41) is 10.6. The SMILES string of the molecule is CC.CCC.CNCc1ccc(NC(=O)C(C)NC(=O)CNC(=O)CCN2C(=O)C=CC2=O)cc1. The lowest BCUT2D eigenvalue weighted by atomic mass is 10.2. The summed E-state index contributed by atoms with van der Waals surface area (Å²) in [5.41, 5.74) is 1.68. The van der Waals surface area contributed by atoms with Crippen molar-refractivity contribution < 1.29 is 24.0 Å². The van der Waals surface area contributed by atoms with Gasteiger partial charge in [0.15, 0.2) is 0 Å². The van der Waals surface area contributed by atoms with Gasteiger partial charge < -0.3 is 21.3 Å². The van der Waals surface area contributed by atoms with E-state index in [1.807, 2.05) is 33.0 Å². The molecule has 1 atom stereocenters. The molecule has 10 nitrogen and oxygen atoms in total. The number of hydrogen-bond donors (Lipinski definition) is 4. The lowest BCUT2D eigenvalue weighted by Crippen LogP contribution is -2.46. The van der Waals surface area contributed by atoms with Crippen molar-refractivity contribution in [1.82, 2.24) is 20.9 Å². The Hall–Kier alpha value is -3.53. The largest absolute Gasteiger partial charge is 0.347 e. The maximum Gasteiger partial charge on any atom is 0.253 e. The number of carbonyl (C=O) groups is 5. The van der Waals surface area contributed by atoms with Crippen LogP contribution in [0.5, 0.6) is 0 Å². The summed E-state index contributed by atoms with van der Waals surface area (Å²) in [6, 6.07) is 6.49. The van der Waals surface area contributed by atoms with E-state index in [0.29, 0.717) is 12.2 Å². The Balaban J connectivity index is 0.00000214. The second-order valence-electron chi connectivity index (χ2n) is 7.40. The Kier molecular flexibility index (Phi) is 16.1. The van der Waals surface area contributed by atoms with Gasteiger partial charge in [-0.15, -0.1) is 0 Å². The van der Waals surface area contributed by atoms with Gasteiger partial charge in [0.05, 0.1) is 6.54 Å². The first-order valence-corrected chi connectivity index (χ1v) is 11.9. The summed E-state index contributed by atoms with van der Waals surface area (Å²) in [7, 11) is 1.84. The van der Waals surface area contributed by atoms with Crippen LogP contribution in [0.25, 0.3) is 0 Å². The monoisotopic (exact) mass is 489 g/mol. The molecule has 0 fully saturated rings. The molecule has 35 heavy (non-hydrogen) atoms. The summed E-state index contributed by atoms with van der Waals surface area (Å²) in [5.74, 6) is -2.36. The van der Waals surface area contributed by atoms with Crippen molar-refractivity contribution in [3.63, 3.8) is 0 Å². The molecule has 1 aromatic rings. The van der Waals surface area contributed by atoms with Gasteiger partial charge in [0.2, 0.25) is 17.7 Å². The fraction of sp³-hybridized carbons (Fsp3) is 0.480. The second kappa shape index (κ2) is 17.9. The molecule has 1 aliphatic rings. The Labute approximate surface area is 207 Å². The summed E-state index contributed by atoms with van der Waals surface area (Å²) >= 11 is 0. The van der Waals surface area contributed by atoms with E-state index in [-0.39, 0.29) is 19.5 Å². The molecule has 1 aromatic carbocycles. The molecule has 0 aliphatic carbocycles. The summed E-state index contributed by atoms with van der Waals surface area (Å²) in [6.45, 7) is 10.1. The predicted octanol–water partition coefficient (Wildman–Crippen LogP) is 1.72. The Bertz CT molecular complexity index is 850. The van der Waals surface area contributed by atoms with Crippen LogP contribution in [0.2, 0.25) is 0 Å². The minimum absolute atomic E-state index is 0.0654. The van der Waals surface area contributed by atoms with Crippen molar-refractivity contribution >= 4 is 35.2 Å². The zero-order valence-electron chi connectivity index (χ0n) is 21.6. The quantitative estimate of drug-likeness (QED) is 0.370. The van der Waals surface area contributed by atoms with Gasteiger partial charge in [-0.3, -0.25) is 28.9 Å². The molecule has 0 aromatic heterocycles. The molecule has 1 aliphatic heterocycles. The Morgan fingerprint density at radius 2 is 1.49 bits per heavy atom. The lowest BCUT2D eigenvalue weighted by molar-refractivity contribution is -0.137. The molecule has 10 heteroatoms. The average molecular weight is 490 g/mol. The highest BCUT2D eigenvalue weighted by atomic mass is 16.2. The maximum atomic E-state index is 12.2. The third-order valence-electron chi connectivity index (χ3n) is 4.28. The predicted molar refractivity (Wildman–Crippen MR) is 136 cm³/mol. The zero-order chi connectivity index (χ0) is 26.8. The Morgan fingerprint density at radius 3 is 2.00 bits per heavy atom. The first-order valence-electron chi connectivity index (χ1n) is 11.9. The number of rotatable bonds is 10. The smallest absolute Gasteiger partial charge is 0.253 e. The Morgan fingerprint density at radius 1 is 0.943 bits per heavy atom. The third kappa shape index (κ3) is 12.5. The second-order valence-corrected chi connectivity index (χ2v) is 7.40.